The SMILES string of the molecule is CCOc1ccccc1NC(=O)CCCOc1cc(C)ccc1C. The third kappa shape index (κ3) is 5.30. The molecular weight excluding hydrogens is 302 g/mol. The Morgan fingerprint density at radius 1 is 1.04 bits per heavy atom. The number of nitrogens with one attached hydrogen (secondary N) is 1. The van der Waals surface area contributed by atoms with Gasteiger partial charge in [-0.25, -0.2) is 0 Å². The molecule has 4 nitrogen and oxygen atoms in total. The third-order valence-corrected chi connectivity index (χ3v) is 3.61. The quantitative estimate of drug-likeness (QED) is 0.726. The fourth-order valence-corrected chi connectivity index (χ4v) is 2.34. The Bertz CT molecular complexity index is 682. The van der Waals surface area contributed by atoms with Crippen molar-refractivity contribution in [1.29, 1.82) is 0 Å². The number of hydrogen-bond acceptors (Lipinski definition) is 3. The number of benzene rings is 2. The Labute approximate surface area is 143 Å². The first-order chi connectivity index (χ1) is 11.6. The lowest BCUT2D eigenvalue weighted by Crippen LogP contribution is -2.13. The van der Waals surface area contributed by atoms with Crippen molar-refractivity contribution < 1.29 is 14.3 Å². The van der Waals surface area contributed by atoms with E-state index < -0.39 is 0 Å². The molecule has 0 unspecified atom stereocenters. The Balaban J connectivity index is 1.78. The van der Waals surface area contributed by atoms with E-state index >= 15 is 0 Å². The van der Waals surface area contributed by atoms with Crippen LogP contribution >= 0.6 is 0 Å². The molecule has 0 fully saturated rings. The van der Waals surface area contributed by atoms with Gasteiger partial charge in [-0.3, -0.25) is 4.79 Å². The van der Waals surface area contributed by atoms with Gasteiger partial charge in [-0.15, -0.1) is 0 Å². The highest BCUT2D eigenvalue weighted by Gasteiger charge is 2.07. The summed E-state index contributed by atoms with van der Waals surface area (Å²) >= 11 is 0. The molecule has 0 radical (unpaired) electrons. The first kappa shape index (κ1) is 17.9. The van der Waals surface area contributed by atoms with Crippen LogP contribution in [-0.4, -0.2) is 19.1 Å². The van der Waals surface area contributed by atoms with Crippen molar-refractivity contribution in [3.63, 3.8) is 0 Å². The van der Waals surface area contributed by atoms with Gasteiger partial charge in [-0.1, -0.05) is 24.3 Å². The predicted molar refractivity (Wildman–Crippen MR) is 96.9 cm³/mol. The molecule has 0 saturated heterocycles. The lowest BCUT2D eigenvalue weighted by atomic mass is 10.1. The smallest absolute Gasteiger partial charge is 0.224 e. The van der Waals surface area contributed by atoms with Crippen LogP contribution in [0, 0.1) is 13.8 Å². The van der Waals surface area contributed by atoms with Crippen LogP contribution in [0.5, 0.6) is 11.5 Å². The first-order valence-electron chi connectivity index (χ1n) is 8.32. The molecule has 4 heteroatoms. The highest BCUT2D eigenvalue weighted by molar-refractivity contribution is 5.92. The van der Waals surface area contributed by atoms with E-state index in [0.29, 0.717) is 37.5 Å². The number of carbonyl (C=O) groups excluding carboxylic acids is 1. The molecule has 2 aromatic rings. The molecule has 128 valence electrons. The van der Waals surface area contributed by atoms with E-state index in [0.717, 1.165) is 11.3 Å². The summed E-state index contributed by atoms with van der Waals surface area (Å²) in [5, 5.41) is 2.90. The molecule has 0 aliphatic rings. The Morgan fingerprint density at radius 2 is 1.83 bits per heavy atom. The molecule has 0 heterocycles. The molecule has 24 heavy (non-hydrogen) atoms. The summed E-state index contributed by atoms with van der Waals surface area (Å²) in [5.74, 6) is 1.55. The number of ether oxygens (including phenoxy) is 2. The number of amides is 1. The summed E-state index contributed by atoms with van der Waals surface area (Å²) in [5.41, 5.74) is 2.98. The first-order valence-corrected chi connectivity index (χ1v) is 8.32. The fourth-order valence-electron chi connectivity index (χ4n) is 2.34. The number of para-hydroxylation sites is 2. The van der Waals surface area contributed by atoms with E-state index in [-0.39, 0.29) is 5.91 Å². The van der Waals surface area contributed by atoms with Crippen LogP contribution < -0.4 is 14.8 Å². The van der Waals surface area contributed by atoms with Crippen molar-refractivity contribution in [3.05, 3.63) is 53.6 Å². The van der Waals surface area contributed by atoms with Crippen LogP contribution in [0.2, 0.25) is 0 Å². The van der Waals surface area contributed by atoms with E-state index in [9.17, 15) is 4.79 Å². The van der Waals surface area contributed by atoms with E-state index in [1.165, 1.54) is 5.56 Å². The zero-order valence-electron chi connectivity index (χ0n) is 14.6. The van der Waals surface area contributed by atoms with E-state index in [1.807, 2.05) is 57.2 Å². The minimum atomic E-state index is -0.0354. The van der Waals surface area contributed by atoms with E-state index in [2.05, 4.69) is 11.4 Å². The Morgan fingerprint density at radius 3 is 2.62 bits per heavy atom. The second-order valence-corrected chi connectivity index (χ2v) is 5.70. The minimum absolute atomic E-state index is 0.0354. The van der Waals surface area contributed by atoms with Crippen molar-refractivity contribution in [1.82, 2.24) is 0 Å². The molecule has 1 N–H and O–H groups in total. The van der Waals surface area contributed by atoms with Crippen LogP contribution in [0.4, 0.5) is 5.69 Å². The maximum Gasteiger partial charge on any atom is 0.224 e. The third-order valence-electron chi connectivity index (χ3n) is 3.61. The second kappa shape index (κ2) is 8.96. The monoisotopic (exact) mass is 327 g/mol. The number of hydrogen-bond donors (Lipinski definition) is 1. The summed E-state index contributed by atoms with van der Waals surface area (Å²) in [6.45, 7) is 7.06. The van der Waals surface area contributed by atoms with Gasteiger partial charge >= 0.3 is 0 Å². The molecule has 0 aromatic heterocycles. The molecule has 0 aliphatic heterocycles. The van der Waals surface area contributed by atoms with Crippen LogP contribution in [0.1, 0.15) is 30.9 Å². The van der Waals surface area contributed by atoms with E-state index in [4.69, 9.17) is 9.47 Å². The summed E-state index contributed by atoms with van der Waals surface area (Å²) in [7, 11) is 0. The fraction of sp³-hybridized carbons (Fsp3) is 0.350. The molecule has 2 rings (SSSR count). The van der Waals surface area contributed by atoms with Gasteiger partial charge < -0.3 is 14.8 Å². The second-order valence-electron chi connectivity index (χ2n) is 5.70. The molecule has 0 atom stereocenters. The number of anilines is 1. The summed E-state index contributed by atoms with van der Waals surface area (Å²) in [6, 6.07) is 13.6. The van der Waals surface area contributed by atoms with Crippen LogP contribution in [0.3, 0.4) is 0 Å². The highest BCUT2D eigenvalue weighted by atomic mass is 16.5. The molecule has 0 spiro atoms. The van der Waals surface area contributed by atoms with Gasteiger partial charge in [0.1, 0.15) is 11.5 Å². The lowest BCUT2D eigenvalue weighted by Gasteiger charge is -2.12. The van der Waals surface area contributed by atoms with Gasteiger partial charge in [0.25, 0.3) is 0 Å². The maximum absolute atomic E-state index is 12.1. The van der Waals surface area contributed by atoms with Gasteiger partial charge in [-0.2, -0.15) is 0 Å². The van der Waals surface area contributed by atoms with Crippen LogP contribution in [-0.2, 0) is 4.79 Å². The van der Waals surface area contributed by atoms with Gasteiger partial charge in [0.15, 0.2) is 0 Å². The summed E-state index contributed by atoms with van der Waals surface area (Å²) < 4.78 is 11.3. The van der Waals surface area contributed by atoms with Gasteiger partial charge in [-0.05, 0) is 56.5 Å². The molecule has 2 aromatic carbocycles. The molecule has 0 aliphatic carbocycles. The number of aryl methyl sites for hydroxylation is 2. The molecule has 0 bridgehead atoms. The topological polar surface area (TPSA) is 47.6 Å². The van der Waals surface area contributed by atoms with Crippen molar-refractivity contribution in [2.45, 2.75) is 33.6 Å². The normalized spacial score (nSPS) is 10.3. The largest absolute Gasteiger partial charge is 0.493 e. The van der Waals surface area contributed by atoms with Gasteiger partial charge in [0.2, 0.25) is 5.91 Å². The zero-order valence-corrected chi connectivity index (χ0v) is 14.6. The lowest BCUT2D eigenvalue weighted by molar-refractivity contribution is -0.116. The molecule has 0 saturated carbocycles. The van der Waals surface area contributed by atoms with Gasteiger partial charge in [0.05, 0.1) is 18.9 Å². The number of carbonyl (C=O) groups is 1. The maximum atomic E-state index is 12.1. The molecule has 1 amide bonds. The number of rotatable bonds is 8. The van der Waals surface area contributed by atoms with E-state index in [1.54, 1.807) is 0 Å². The summed E-state index contributed by atoms with van der Waals surface area (Å²) in [6.07, 6.45) is 1.07. The van der Waals surface area contributed by atoms with Crippen molar-refractivity contribution in [2.24, 2.45) is 0 Å². The van der Waals surface area contributed by atoms with Crippen LogP contribution in [0.15, 0.2) is 42.5 Å². The Hall–Kier alpha value is -2.49. The average Bonchev–Trinajstić information content (AvgIpc) is 2.56. The average molecular weight is 327 g/mol. The summed E-state index contributed by atoms with van der Waals surface area (Å²) in [4.78, 5) is 12.1. The Kier molecular flexibility index (Phi) is 6.67. The van der Waals surface area contributed by atoms with Crippen LogP contribution in [0.25, 0.3) is 0 Å². The van der Waals surface area contributed by atoms with Crippen molar-refractivity contribution in [3.8, 4) is 11.5 Å². The van der Waals surface area contributed by atoms with Gasteiger partial charge in [0, 0.05) is 6.42 Å². The van der Waals surface area contributed by atoms with Crippen molar-refractivity contribution >= 4 is 11.6 Å². The standard InChI is InChI=1S/C20H25NO3/c1-4-23-18-9-6-5-8-17(18)21-20(22)10-7-13-24-19-14-15(2)11-12-16(19)3/h5-6,8-9,11-12,14H,4,7,10,13H2,1-3H3,(H,21,22). The zero-order chi connectivity index (χ0) is 17.4. The van der Waals surface area contributed by atoms with Crippen molar-refractivity contribution in [2.75, 3.05) is 18.5 Å². The predicted octanol–water partition coefficient (Wildman–Crippen LogP) is 4.50. The minimum Gasteiger partial charge on any atom is -0.493 e. The molecular formula is C20H25NO3. The highest BCUT2D eigenvalue weighted by Crippen LogP contribution is 2.24.